The minimum Gasteiger partial charge on any atom is -0.480 e. The Balaban J connectivity index is 1.92. The lowest BCUT2D eigenvalue weighted by Crippen LogP contribution is -2.44. The van der Waals surface area contributed by atoms with Gasteiger partial charge in [0.1, 0.15) is 12.6 Å². The molecule has 0 saturated carbocycles. The molecule has 28 heavy (non-hydrogen) atoms. The Morgan fingerprint density at radius 3 is 2.54 bits per heavy atom. The summed E-state index contributed by atoms with van der Waals surface area (Å²) >= 11 is 0. The Kier molecular flexibility index (Phi) is 6.77. The third kappa shape index (κ3) is 6.07. The number of carbonyl (C=O) groups excluding carboxylic acids is 3. The van der Waals surface area contributed by atoms with Gasteiger partial charge in [-0.05, 0) is 30.4 Å². The third-order valence-corrected chi connectivity index (χ3v) is 4.45. The van der Waals surface area contributed by atoms with E-state index in [0.29, 0.717) is 24.2 Å². The molecule has 0 fully saturated rings. The average molecular weight is 389 g/mol. The van der Waals surface area contributed by atoms with Crippen LogP contribution in [0.4, 0.5) is 11.4 Å². The molecule has 8 nitrogen and oxygen atoms in total. The molecular formula is C20H27N3O5. The second kappa shape index (κ2) is 8.86. The van der Waals surface area contributed by atoms with Crippen molar-refractivity contribution in [2.75, 3.05) is 16.8 Å². The van der Waals surface area contributed by atoms with Crippen LogP contribution >= 0.6 is 0 Å². The monoisotopic (exact) mass is 389 g/mol. The zero-order valence-electron chi connectivity index (χ0n) is 16.4. The molecule has 0 radical (unpaired) electrons. The van der Waals surface area contributed by atoms with Crippen molar-refractivity contribution in [3.05, 3.63) is 24.3 Å². The largest absolute Gasteiger partial charge is 0.480 e. The van der Waals surface area contributed by atoms with Crippen LogP contribution in [0.1, 0.15) is 46.5 Å². The Labute approximate surface area is 164 Å². The number of nitrogens with one attached hydrogen (secondary N) is 2. The summed E-state index contributed by atoms with van der Waals surface area (Å²) in [6, 6.07) is 5.95. The van der Waals surface area contributed by atoms with Gasteiger partial charge in [-0.25, -0.2) is 4.79 Å². The van der Waals surface area contributed by atoms with Gasteiger partial charge in [0.15, 0.2) is 0 Å². The number of benzene rings is 1. The van der Waals surface area contributed by atoms with Crippen molar-refractivity contribution in [2.45, 2.75) is 52.5 Å². The first-order chi connectivity index (χ1) is 13.1. The van der Waals surface area contributed by atoms with Gasteiger partial charge in [0, 0.05) is 12.8 Å². The summed E-state index contributed by atoms with van der Waals surface area (Å²) in [5, 5.41) is 14.5. The van der Waals surface area contributed by atoms with Crippen LogP contribution in [0, 0.1) is 5.41 Å². The second-order valence-electron chi connectivity index (χ2n) is 8.10. The lowest BCUT2D eigenvalue weighted by Gasteiger charge is -2.29. The molecule has 1 aromatic rings. The normalized spacial score (nSPS) is 14.7. The summed E-state index contributed by atoms with van der Waals surface area (Å²) in [5.41, 5.74) is 1.09. The fraction of sp³-hybridized carbons (Fsp3) is 0.500. The van der Waals surface area contributed by atoms with Crippen LogP contribution in [0.25, 0.3) is 0 Å². The Morgan fingerprint density at radius 2 is 1.89 bits per heavy atom. The minimum absolute atomic E-state index is 0.0450. The van der Waals surface area contributed by atoms with Gasteiger partial charge in [0.05, 0.1) is 11.4 Å². The number of carboxylic acids is 1. The predicted octanol–water partition coefficient (Wildman–Crippen LogP) is 2.15. The molecule has 1 aliphatic heterocycles. The molecule has 0 spiro atoms. The van der Waals surface area contributed by atoms with Gasteiger partial charge in [-0.3, -0.25) is 14.4 Å². The van der Waals surface area contributed by atoms with Gasteiger partial charge in [0.2, 0.25) is 17.7 Å². The van der Waals surface area contributed by atoms with Gasteiger partial charge < -0.3 is 20.6 Å². The van der Waals surface area contributed by atoms with E-state index in [1.54, 1.807) is 24.3 Å². The van der Waals surface area contributed by atoms with Crippen molar-refractivity contribution < 1.29 is 24.3 Å². The number of carboxylic acid groups (broad SMARTS) is 1. The molecule has 0 aromatic heterocycles. The molecule has 152 valence electrons. The molecule has 1 aromatic carbocycles. The maximum atomic E-state index is 12.5. The third-order valence-electron chi connectivity index (χ3n) is 4.45. The predicted molar refractivity (Wildman–Crippen MR) is 105 cm³/mol. The quantitative estimate of drug-likeness (QED) is 0.661. The fourth-order valence-corrected chi connectivity index (χ4v) is 2.91. The number of nitrogens with zero attached hydrogens (tertiary/aromatic N) is 1. The van der Waals surface area contributed by atoms with E-state index in [0.717, 1.165) is 0 Å². The number of aliphatic carboxylic acids is 1. The molecule has 0 saturated heterocycles. The van der Waals surface area contributed by atoms with Gasteiger partial charge in [-0.15, -0.1) is 0 Å². The number of hydrogen-bond acceptors (Lipinski definition) is 4. The van der Waals surface area contributed by atoms with Crippen molar-refractivity contribution in [3.63, 3.8) is 0 Å². The van der Waals surface area contributed by atoms with Gasteiger partial charge in [-0.1, -0.05) is 32.9 Å². The van der Waals surface area contributed by atoms with Crippen LogP contribution in [0.15, 0.2) is 24.3 Å². The topological polar surface area (TPSA) is 116 Å². The summed E-state index contributed by atoms with van der Waals surface area (Å²) < 4.78 is 0. The molecule has 3 amide bonds. The van der Waals surface area contributed by atoms with Crippen LogP contribution in [0.2, 0.25) is 0 Å². The molecule has 1 heterocycles. The van der Waals surface area contributed by atoms with Crippen LogP contribution in [-0.2, 0) is 19.2 Å². The second-order valence-corrected chi connectivity index (χ2v) is 8.10. The fourth-order valence-electron chi connectivity index (χ4n) is 2.91. The molecule has 1 aliphatic rings. The zero-order chi connectivity index (χ0) is 20.9. The van der Waals surface area contributed by atoms with E-state index in [4.69, 9.17) is 0 Å². The van der Waals surface area contributed by atoms with Gasteiger partial charge in [-0.2, -0.15) is 0 Å². The molecule has 1 atom stereocenters. The lowest BCUT2D eigenvalue weighted by atomic mass is 9.88. The molecule has 1 unspecified atom stereocenters. The van der Waals surface area contributed by atoms with Crippen molar-refractivity contribution in [3.8, 4) is 0 Å². The Bertz CT molecular complexity index is 769. The summed E-state index contributed by atoms with van der Waals surface area (Å²) in [7, 11) is 0. The Hall–Kier alpha value is -2.90. The molecule has 8 heteroatoms. The van der Waals surface area contributed by atoms with Gasteiger partial charge in [0.25, 0.3) is 0 Å². The van der Waals surface area contributed by atoms with E-state index < -0.39 is 17.9 Å². The highest BCUT2D eigenvalue weighted by Crippen LogP contribution is 2.29. The van der Waals surface area contributed by atoms with Crippen molar-refractivity contribution in [2.24, 2.45) is 5.41 Å². The standard InChI is InChI=1S/C20H27N3O5/c1-20(2,3)11-10-14(19(27)28)22-16(24)8-9-18(26)23-12-17(25)21-13-6-4-5-7-15(13)23/h4-7,14H,8-12H2,1-3H3,(H,21,25)(H,22,24)(H,27,28). The number of anilines is 2. The first-order valence-electron chi connectivity index (χ1n) is 9.28. The van der Waals surface area contributed by atoms with Crippen LogP contribution in [0.3, 0.4) is 0 Å². The summed E-state index contributed by atoms with van der Waals surface area (Å²) in [6.07, 6.45) is 0.707. The van der Waals surface area contributed by atoms with E-state index in [-0.39, 0.29) is 36.6 Å². The SMILES string of the molecule is CC(C)(C)CCC(NC(=O)CCC(=O)N1CC(=O)Nc2ccccc21)C(=O)O. The molecule has 2 rings (SSSR count). The average Bonchev–Trinajstić information content (AvgIpc) is 2.61. The maximum absolute atomic E-state index is 12.5. The highest BCUT2D eigenvalue weighted by atomic mass is 16.4. The number of carbonyl (C=O) groups is 4. The first-order valence-corrected chi connectivity index (χ1v) is 9.28. The number of rotatable bonds is 7. The van der Waals surface area contributed by atoms with Crippen molar-refractivity contribution >= 4 is 35.1 Å². The number of hydrogen-bond donors (Lipinski definition) is 3. The molecular weight excluding hydrogens is 362 g/mol. The van der Waals surface area contributed by atoms with Crippen molar-refractivity contribution in [1.29, 1.82) is 0 Å². The zero-order valence-corrected chi connectivity index (χ0v) is 16.4. The molecule has 3 N–H and O–H groups in total. The lowest BCUT2D eigenvalue weighted by molar-refractivity contribution is -0.142. The summed E-state index contributed by atoms with van der Waals surface area (Å²) in [6.45, 7) is 5.89. The number of para-hydroxylation sites is 2. The van der Waals surface area contributed by atoms with Crippen LogP contribution in [-0.4, -0.2) is 41.4 Å². The van der Waals surface area contributed by atoms with E-state index >= 15 is 0 Å². The highest BCUT2D eigenvalue weighted by molar-refractivity contribution is 6.10. The van der Waals surface area contributed by atoms with E-state index in [2.05, 4.69) is 10.6 Å². The summed E-state index contributed by atoms with van der Waals surface area (Å²) in [4.78, 5) is 49.2. The maximum Gasteiger partial charge on any atom is 0.326 e. The molecule has 0 aliphatic carbocycles. The smallest absolute Gasteiger partial charge is 0.326 e. The van der Waals surface area contributed by atoms with Crippen molar-refractivity contribution in [1.82, 2.24) is 5.32 Å². The summed E-state index contributed by atoms with van der Waals surface area (Å²) in [5.74, 6) is -2.25. The van der Waals surface area contributed by atoms with Crippen LogP contribution in [0.5, 0.6) is 0 Å². The number of fused-ring (bicyclic) bond motifs is 1. The highest BCUT2D eigenvalue weighted by Gasteiger charge is 2.27. The van der Waals surface area contributed by atoms with Crippen LogP contribution < -0.4 is 15.5 Å². The van der Waals surface area contributed by atoms with E-state index in [1.165, 1.54) is 4.90 Å². The van der Waals surface area contributed by atoms with Gasteiger partial charge >= 0.3 is 5.97 Å². The van der Waals surface area contributed by atoms with E-state index in [9.17, 15) is 24.3 Å². The van der Waals surface area contributed by atoms with E-state index in [1.807, 2.05) is 20.8 Å². The Morgan fingerprint density at radius 1 is 1.21 bits per heavy atom. The minimum atomic E-state index is -1.09. The number of amides is 3. The molecule has 0 bridgehead atoms. The first kappa shape index (κ1) is 21.4.